The van der Waals surface area contributed by atoms with Crippen molar-refractivity contribution >= 4 is 15.6 Å². The summed E-state index contributed by atoms with van der Waals surface area (Å²) in [5.74, 6) is -1.96. The van der Waals surface area contributed by atoms with Crippen molar-refractivity contribution in [1.29, 1.82) is 0 Å². The monoisotopic (exact) mass is 420 g/mol. The minimum Gasteiger partial charge on any atom is -0.351 e. The Hall–Kier alpha value is -1.21. The molecular weight excluding hydrogens is 405 g/mol. The van der Waals surface area contributed by atoms with Gasteiger partial charge in [0.15, 0.2) is 18.2 Å². The number of nitrogens with zero attached hydrogens (tertiary/aromatic N) is 1. The van der Waals surface area contributed by atoms with E-state index < -0.39 is 58.1 Å². The zero-order valence-corrected chi connectivity index (χ0v) is 14.8. The normalized spacial score (nSPS) is 28.8. The Morgan fingerprint density at radius 3 is 2.62 bits per heavy atom. The summed E-state index contributed by atoms with van der Waals surface area (Å²) in [7, 11) is -9.49. The summed E-state index contributed by atoms with van der Waals surface area (Å²) in [6.07, 6.45) is -2.97. The van der Waals surface area contributed by atoms with Crippen molar-refractivity contribution in [2.45, 2.75) is 24.6 Å². The molecule has 1 fully saturated rings. The van der Waals surface area contributed by atoms with Crippen LogP contribution in [0.3, 0.4) is 0 Å². The fraction of sp³-hybridized carbons (Fsp3) is 0.600. The topological polar surface area (TPSA) is 187 Å². The fourth-order valence-electron chi connectivity index (χ4n) is 2.22. The predicted molar refractivity (Wildman–Crippen MR) is 79.6 cm³/mol. The van der Waals surface area contributed by atoms with Crippen LogP contribution in [0.1, 0.15) is 12.6 Å². The van der Waals surface area contributed by atoms with E-state index in [2.05, 4.69) is 8.83 Å². The van der Waals surface area contributed by atoms with Crippen LogP contribution in [0.5, 0.6) is 0 Å². The standard InChI is InChI=1S/C10H15FN2O11P2/c1-21-10(5-22-26(19,20)24-25(16,17)18)4-6(11)8(23-10)13-3-2-7(14)12-9(13)15/h2-3,6,8H,4-5H2,1H3,(H,19,20)(H,12,14,15)(H2,16,17,18). The second-order valence-electron chi connectivity index (χ2n) is 5.17. The van der Waals surface area contributed by atoms with Crippen LogP contribution >= 0.6 is 15.6 Å². The highest BCUT2D eigenvalue weighted by Crippen LogP contribution is 2.58. The van der Waals surface area contributed by atoms with Gasteiger partial charge in [-0.1, -0.05) is 0 Å². The number of hydrogen-bond donors (Lipinski definition) is 4. The van der Waals surface area contributed by atoms with Crippen molar-refractivity contribution < 1.29 is 46.5 Å². The minimum absolute atomic E-state index is 0.560. The summed E-state index contributed by atoms with van der Waals surface area (Å²) in [6.45, 7) is -0.952. The highest BCUT2D eigenvalue weighted by molar-refractivity contribution is 7.60. The van der Waals surface area contributed by atoms with Crippen molar-refractivity contribution in [3.8, 4) is 0 Å². The van der Waals surface area contributed by atoms with Gasteiger partial charge in [-0.3, -0.25) is 18.9 Å². The van der Waals surface area contributed by atoms with Crippen molar-refractivity contribution in [2.75, 3.05) is 13.7 Å². The van der Waals surface area contributed by atoms with Crippen LogP contribution < -0.4 is 11.2 Å². The SMILES string of the molecule is COC1(COP(=O)(O)OP(=O)(O)O)CC(F)C(n2ccc(=O)[nH]c2=O)O1. The number of halogens is 1. The van der Waals surface area contributed by atoms with Gasteiger partial charge in [-0.05, 0) is 0 Å². The van der Waals surface area contributed by atoms with Crippen LogP contribution in [-0.4, -0.2) is 49.9 Å². The Bertz CT molecular complexity index is 865. The number of alkyl halides is 1. The van der Waals surface area contributed by atoms with Gasteiger partial charge in [0.05, 0.1) is 0 Å². The van der Waals surface area contributed by atoms with E-state index in [4.69, 9.17) is 19.3 Å². The van der Waals surface area contributed by atoms with Crippen LogP contribution in [0.4, 0.5) is 4.39 Å². The number of H-pyrrole nitrogens is 1. The molecule has 13 nitrogen and oxygen atoms in total. The molecule has 0 aromatic carbocycles. The smallest absolute Gasteiger partial charge is 0.351 e. The molecular formula is C10H15FN2O11P2. The molecule has 0 saturated carbocycles. The van der Waals surface area contributed by atoms with Gasteiger partial charge in [-0.25, -0.2) is 18.3 Å². The van der Waals surface area contributed by atoms with Crippen LogP contribution in [-0.2, 0) is 27.4 Å². The van der Waals surface area contributed by atoms with Crippen LogP contribution in [0.2, 0.25) is 0 Å². The Labute approximate surface area is 144 Å². The number of phosphoric acid groups is 2. The van der Waals surface area contributed by atoms with E-state index in [0.29, 0.717) is 0 Å². The van der Waals surface area contributed by atoms with E-state index in [0.717, 1.165) is 23.9 Å². The fourth-order valence-corrected chi connectivity index (χ4v) is 3.84. The van der Waals surface area contributed by atoms with Gasteiger partial charge in [-0.15, -0.1) is 0 Å². The number of aromatic amines is 1. The van der Waals surface area contributed by atoms with Crippen LogP contribution in [0.15, 0.2) is 21.9 Å². The Balaban J connectivity index is 2.17. The lowest BCUT2D eigenvalue weighted by Gasteiger charge is -2.27. The van der Waals surface area contributed by atoms with Crippen LogP contribution in [0, 0.1) is 0 Å². The second-order valence-corrected chi connectivity index (χ2v) is 8.00. The van der Waals surface area contributed by atoms with E-state index in [9.17, 15) is 28.0 Å². The van der Waals surface area contributed by atoms with Gasteiger partial charge >= 0.3 is 21.3 Å². The number of aromatic nitrogens is 2. The molecule has 4 N–H and O–H groups in total. The first kappa shape index (κ1) is 21.1. The molecule has 0 spiro atoms. The third-order valence-corrected chi connectivity index (χ3v) is 5.44. The maximum atomic E-state index is 14.3. The van der Waals surface area contributed by atoms with Gasteiger partial charge in [0, 0.05) is 25.8 Å². The van der Waals surface area contributed by atoms with Crippen LogP contribution in [0.25, 0.3) is 0 Å². The molecule has 0 amide bonds. The number of ether oxygens (including phenoxy) is 2. The molecule has 1 aliphatic heterocycles. The van der Waals surface area contributed by atoms with Crippen molar-refractivity contribution in [3.05, 3.63) is 33.1 Å². The third kappa shape index (κ3) is 5.16. The molecule has 26 heavy (non-hydrogen) atoms. The number of nitrogens with one attached hydrogen (secondary N) is 1. The third-order valence-electron chi connectivity index (χ3n) is 3.31. The highest BCUT2D eigenvalue weighted by atomic mass is 31.3. The zero-order valence-electron chi connectivity index (χ0n) is 13.1. The van der Waals surface area contributed by atoms with Crippen molar-refractivity contribution in [1.82, 2.24) is 9.55 Å². The number of rotatable bonds is 7. The van der Waals surface area contributed by atoms with Gasteiger partial charge in [0.1, 0.15) is 6.61 Å². The van der Waals surface area contributed by atoms with E-state index >= 15 is 0 Å². The molecule has 2 rings (SSSR count). The Morgan fingerprint density at radius 1 is 1.42 bits per heavy atom. The summed E-state index contributed by atoms with van der Waals surface area (Å²) < 4.78 is 55.4. The number of phosphoric ester groups is 1. The lowest BCUT2D eigenvalue weighted by atomic mass is 10.1. The number of hydrogen-bond acceptors (Lipinski definition) is 8. The molecule has 1 saturated heterocycles. The van der Waals surface area contributed by atoms with Gasteiger partial charge in [0.25, 0.3) is 5.56 Å². The van der Waals surface area contributed by atoms with Gasteiger partial charge < -0.3 is 24.2 Å². The maximum absolute atomic E-state index is 14.3. The molecule has 0 aliphatic carbocycles. The largest absolute Gasteiger partial charge is 0.481 e. The quantitative estimate of drug-likeness (QED) is 0.411. The molecule has 1 aromatic rings. The first-order valence-electron chi connectivity index (χ1n) is 6.79. The molecule has 4 unspecified atom stereocenters. The Kier molecular flexibility index (Phi) is 6.03. The molecule has 148 valence electrons. The second kappa shape index (κ2) is 7.43. The van der Waals surface area contributed by atoms with Crippen molar-refractivity contribution in [3.63, 3.8) is 0 Å². The summed E-state index contributed by atoms with van der Waals surface area (Å²) in [4.78, 5) is 51.1. The summed E-state index contributed by atoms with van der Waals surface area (Å²) in [6, 6.07) is 0.955. The van der Waals surface area contributed by atoms with E-state index in [-0.39, 0.29) is 0 Å². The lowest BCUT2D eigenvalue weighted by molar-refractivity contribution is -0.241. The molecule has 0 radical (unpaired) electrons. The first-order valence-corrected chi connectivity index (χ1v) is 9.82. The first-order chi connectivity index (χ1) is 11.9. The lowest BCUT2D eigenvalue weighted by Crippen LogP contribution is -2.38. The van der Waals surface area contributed by atoms with E-state index in [1.54, 1.807) is 0 Å². The summed E-state index contributed by atoms with van der Waals surface area (Å²) in [5.41, 5.74) is -1.67. The summed E-state index contributed by atoms with van der Waals surface area (Å²) in [5, 5.41) is 0. The Morgan fingerprint density at radius 2 is 2.08 bits per heavy atom. The minimum atomic E-state index is -5.34. The molecule has 2 heterocycles. The molecule has 1 aromatic heterocycles. The average Bonchev–Trinajstić information content (AvgIpc) is 2.81. The molecule has 16 heteroatoms. The number of methoxy groups -OCH3 is 1. The maximum Gasteiger partial charge on any atom is 0.481 e. The van der Waals surface area contributed by atoms with E-state index in [1.807, 2.05) is 4.98 Å². The van der Waals surface area contributed by atoms with E-state index in [1.165, 1.54) is 0 Å². The molecule has 1 aliphatic rings. The van der Waals surface area contributed by atoms with Gasteiger partial charge in [0.2, 0.25) is 0 Å². The molecule has 0 bridgehead atoms. The summed E-state index contributed by atoms with van der Waals surface area (Å²) >= 11 is 0. The van der Waals surface area contributed by atoms with Crippen molar-refractivity contribution in [2.24, 2.45) is 0 Å². The predicted octanol–water partition coefficient (Wildman–Crippen LogP) is -0.637. The average molecular weight is 420 g/mol. The highest BCUT2D eigenvalue weighted by Gasteiger charge is 2.50. The van der Waals surface area contributed by atoms with Gasteiger partial charge in [-0.2, -0.15) is 4.31 Å². The molecule has 4 atom stereocenters. The zero-order chi connectivity index (χ0) is 19.8.